The first kappa shape index (κ1) is 18.8. The summed E-state index contributed by atoms with van der Waals surface area (Å²) in [7, 11) is 0. The maximum atomic E-state index is 13.4. The molecular weight excluding hydrogens is 368 g/mol. The predicted molar refractivity (Wildman–Crippen MR) is 77.2 cm³/mol. The third kappa shape index (κ3) is 3.01. The molecule has 25 heavy (non-hydrogen) atoms. The molecule has 0 aromatic heterocycles. The van der Waals surface area contributed by atoms with Gasteiger partial charge in [0.1, 0.15) is 5.78 Å². The molecule has 0 heterocycles. The minimum absolute atomic E-state index is 0.149. The van der Waals surface area contributed by atoms with Crippen molar-refractivity contribution >= 4 is 22.8 Å². The van der Waals surface area contributed by atoms with E-state index in [-0.39, 0.29) is 23.5 Å². The molecule has 142 valence electrons. The van der Waals surface area contributed by atoms with Crippen LogP contribution in [-0.2, 0) is 25.4 Å². The summed E-state index contributed by atoms with van der Waals surface area (Å²) < 4.78 is 76.3. The summed E-state index contributed by atoms with van der Waals surface area (Å²) in [6.07, 6.45) is 1.09. The molecule has 4 aliphatic carbocycles. The summed E-state index contributed by atoms with van der Waals surface area (Å²) in [5.41, 5.74) is -0.887. The Morgan fingerprint density at radius 2 is 1.76 bits per heavy atom. The minimum Gasteiger partial charge on any atom is -0.465 e. The molecule has 10 heteroatoms. The van der Waals surface area contributed by atoms with E-state index in [1.54, 1.807) is 0 Å². The zero-order chi connectivity index (χ0) is 18.6. The molecule has 4 fully saturated rings. The van der Waals surface area contributed by atoms with Crippen molar-refractivity contribution < 1.29 is 40.6 Å². The maximum Gasteiger partial charge on any atom is 0.406 e. The smallest absolute Gasteiger partial charge is 0.406 e. The molecule has 0 saturated heterocycles. The van der Waals surface area contributed by atoms with Crippen molar-refractivity contribution in [1.29, 1.82) is 0 Å². The van der Waals surface area contributed by atoms with Gasteiger partial charge in [0.25, 0.3) is 0 Å². The normalized spacial score (nSPS) is 35.7. The molecule has 4 rings (SSSR count). The Hall–Kier alpha value is -1.03. The molecule has 0 aliphatic heterocycles. The lowest BCUT2D eigenvalue weighted by molar-refractivity contribution is -0.185. The Morgan fingerprint density at radius 3 is 2.28 bits per heavy atom. The van der Waals surface area contributed by atoms with Gasteiger partial charge in [0, 0.05) is 11.8 Å². The maximum absolute atomic E-state index is 13.4. The molecule has 4 bridgehead atoms. The summed E-state index contributed by atoms with van der Waals surface area (Å²) in [6, 6.07) is 0. The molecular formula is C15H18F4O5S. The van der Waals surface area contributed by atoms with E-state index in [9.17, 15) is 31.4 Å². The lowest BCUT2D eigenvalue weighted by atomic mass is 9.49. The number of esters is 1. The number of ether oxygens (including phenoxy) is 1. The number of ketones is 1. The number of Topliss-reactive ketones (excluding diaryl/α,β-unsaturated/α-hetero) is 1. The molecule has 4 saturated carbocycles. The lowest BCUT2D eigenvalue weighted by Gasteiger charge is -2.53. The van der Waals surface area contributed by atoms with Gasteiger partial charge in [-0.25, -0.2) is 4.21 Å². The van der Waals surface area contributed by atoms with Crippen LogP contribution in [0.15, 0.2) is 0 Å². The van der Waals surface area contributed by atoms with Crippen LogP contribution >= 0.6 is 0 Å². The number of hydrogen-bond donors (Lipinski definition) is 1. The predicted octanol–water partition coefficient (Wildman–Crippen LogP) is 2.76. The first-order valence-corrected chi connectivity index (χ1v) is 9.17. The van der Waals surface area contributed by atoms with Crippen molar-refractivity contribution in [1.82, 2.24) is 0 Å². The second kappa shape index (κ2) is 6.00. The van der Waals surface area contributed by atoms with Crippen molar-refractivity contribution in [3.8, 4) is 0 Å². The fourth-order valence-corrected chi connectivity index (χ4v) is 5.05. The fourth-order valence-electron chi connectivity index (χ4n) is 4.70. The Kier molecular flexibility index (Phi) is 4.50. The van der Waals surface area contributed by atoms with E-state index in [0.717, 1.165) is 12.8 Å². The highest BCUT2D eigenvalue weighted by Gasteiger charge is 2.62. The van der Waals surface area contributed by atoms with Crippen LogP contribution in [0.5, 0.6) is 0 Å². The van der Waals surface area contributed by atoms with E-state index in [0.29, 0.717) is 19.3 Å². The molecule has 5 nitrogen and oxygen atoms in total. The van der Waals surface area contributed by atoms with Gasteiger partial charge in [0.05, 0.1) is 18.4 Å². The third-order valence-electron chi connectivity index (χ3n) is 5.72. The molecule has 0 aromatic rings. The topological polar surface area (TPSA) is 80.7 Å². The Balaban J connectivity index is 1.61. The van der Waals surface area contributed by atoms with Gasteiger partial charge in [0.15, 0.2) is 0 Å². The average Bonchev–Trinajstić information content (AvgIpc) is 2.51. The summed E-state index contributed by atoms with van der Waals surface area (Å²) in [5.74, 6) is -5.54. The largest absolute Gasteiger partial charge is 0.465 e. The second-order valence-electron chi connectivity index (χ2n) is 7.38. The van der Waals surface area contributed by atoms with Crippen molar-refractivity contribution in [3.63, 3.8) is 0 Å². The van der Waals surface area contributed by atoms with Crippen LogP contribution in [0.2, 0.25) is 0 Å². The van der Waals surface area contributed by atoms with Gasteiger partial charge >= 0.3 is 17.1 Å². The number of carbonyl (C=O) groups excluding carboxylic acids is 2. The van der Waals surface area contributed by atoms with Crippen molar-refractivity contribution in [2.24, 2.45) is 23.2 Å². The molecule has 0 spiro atoms. The quantitative estimate of drug-likeness (QED) is 0.431. The number of hydrogen-bond acceptors (Lipinski definition) is 4. The van der Waals surface area contributed by atoms with Gasteiger partial charge in [0.2, 0.25) is 11.1 Å². The zero-order valence-electron chi connectivity index (χ0n) is 13.2. The van der Waals surface area contributed by atoms with Crippen molar-refractivity contribution in [3.05, 3.63) is 0 Å². The van der Waals surface area contributed by atoms with Crippen LogP contribution < -0.4 is 0 Å². The summed E-state index contributed by atoms with van der Waals surface area (Å²) in [4.78, 5) is 24.5. The summed E-state index contributed by atoms with van der Waals surface area (Å²) >= 11 is -4.03. The summed E-state index contributed by atoms with van der Waals surface area (Å²) in [6.45, 7) is -0.978. The van der Waals surface area contributed by atoms with Crippen LogP contribution in [-0.4, -0.2) is 38.3 Å². The molecule has 0 aromatic carbocycles. The highest BCUT2D eigenvalue weighted by molar-refractivity contribution is 7.80. The molecule has 0 amide bonds. The van der Waals surface area contributed by atoms with E-state index in [2.05, 4.69) is 0 Å². The Morgan fingerprint density at radius 1 is 1.20 bits per heavy atom. The number of halogens is 4. The van der Waals surface area contributed by atoms with E-state index in [1.807, 2.05) is 0 Å². The molecule has 4 aliphatic rings. The Labute approximate surface area is 143 Å². The minimum atomic E-state index is -5.12. The van der Waals surface area contributed by atoms with Crippen molar-refractivity contribution in [2.45, 2.75) is 49.7 Å². The average molecular weight is 386 g/mol. The highest BCUT2D eigenvalue weighted by atomic mass is 32.2. The molecule has 3 unspecified atom stereocenters. The van der Waals surface area contributed by atoms with Gasteiger partial charge < -0.3 is 9.29 Å². The van der Waals surface area contributed by atoms with Gasteiger partial charge in [-0.05, 0) is 38.0 Å². The number of rotatable bonds is 6. The van der Waals surface area contributed by atoms with E-state index >= 15 is 0 Å². The zero-order valence-corrected chi connectivity index (χ0v) is 14.0. The molecule has 1 N–H and O–H groups in total. The van der Waals surface area contributed by atoms with Gasteiger partial charge in [-0.2, -0.15) is 17.6 Å². The van der Waals surface area contributed by atoms with Crippen LogP contribution in [0.4, 0.5) is 17.6 Å². The van der Waals surface area contributed by atoms with Crippen LogP contribution in [0.3, 0.4) is 0 Å². The summed E-state index contributed by atoms with van der Waals surface area (Å²) in [5, 5.41) is -5.12. The van der Waals surface area contributed by atoms with E-state index in [1.165, 1.54) is 0 Å². The standard InChI is InChI=1S/C15H18F4O5S/c16-14(17,15(18,19)25(22)23)1-2-24-12(21)13-5-8-3-9(6-13)11(20)10(4-8)7-13/h8-10H,1-7H2,(H,22,23). The second-order valence-corrected chi connectivity index (χ2v) is 8.39. The number of alkyl halides is 4. The monoisotopic (exact) mass is 386 g/mol. The van der Waals surface area contributed by atoms with Gasteiger partial charge in [-0.1, -0.05) is 0 Å². The van der Waals surface area contributed by atoms with Crippen LogP contribution in [0.1, 0.15) is 38.5 Å². The number of carbonyl (C=O) groups is 2. The fraction of sp³-hybridized carbons (Fsp3) is 0.867. The highest BCUT2D eigenvalue weighted by Crippen LogP contribution is 2.59. The van der Waals surface area contributed by atoms with E-state index < -0.39 is 46.7 Å². The molecule has 3 atom stereocenters. The lowest BCUT2D eigenvalue weighted by Crippen LogP contribution is -2.55. The van der Waals surface area contributed by atoms with Gasteiger partial charge in [-0.15, -0.1) is 0 Å². The Bertz CT molecular complexity index is 605. The van der Waals surface area contributed by atoms with Crippen molar-refractivity contribution in [2.75, 3.05) is 6.61 Å². The van der Waals surface area contributed by atoms with Gasteiger partial charge in [-0.3, -0.25) is 9.59 Å². The van der Waals surface area contributed by atoms with Crippen LogP contribution in [0.25, 0.3) is 0 Å². The first-order chi connectivity index (χ1) is 11.5. The SMILES string of the molecule is O=C1C2CC3CC1CC(C(=O)OCCC(F)(F)C(F)(F)S(=O)O)(C3)C2. The van der Waals surface area contributed by atoms with Crippen LogP contribution in [0, 0.1) is 23.2 Å². The molecule has 0 radical (unpaired) electrons. The first-order valence-electron chi connectivity index (χ1n) is 8.06. The van der Waals surface area contributed by atoms with E-state index in [4.69, 9.17) is 9.29 Å². The third-order valence-corrected chi connectivity index (χ3v) is 6.46.